The summed E-state index contributed by atoms with van der Waals surface area (Å²) in [4.78, 5) is 24.2. The van der Waals surface area contributed by atoms with Crippen molar-refractivity contribution in [1.29, 1.82) is 0 Å². The van der Waals surface area contributed by atoms with E-state index in [9.17, 15) is 9.59 Å². The van der Waals surface area contributed by atoms with Crippen molar-refractivity contribution < 1.29 is 14.3 Å². The zero-order valence-corrected chi connectivity index (χ0v) is 17.1. The number of carbonyl (C=O) groups excluding carboxylic acids is 2. The van der Waals surface area contributed by atoms with E-state index in [0.717, 1.165) is 9.13 Å². The van der Waals surface area contributed by atoms with Gasteiger partial charge in [-0.05, 0) is 71.0 Å². The first-order valence-corrected chi connectivity index (χ1v) is 8.98. The highest BCUT2D eigenvalue weighted by atomic mass is 127. The summed E-state index contributed by atoms with van der Waals surface area (Å²) in [6, 6.07) is 10.2. The van der Waals surface area contributed by atoms with Crippen LogP contribution in [0.2, 0.25) is 10.0 Å². The molecule has 4 nitrogen and oxygen atoms in total. The van der Waals surface area contributed by atoms with E-state index in [2.05, 4.69) is 27.9 Å². The fourth-order valence-corrected chi connectivity index (χ4v) is 2.88. The molecule has 7 heteroatoms. The second kappa shape index (κ2) is 8.69. The van der Waals surface area contributed by atoms with Crippen LogP contribution >= 0.6 is 45.8 Å². The molecule has 0 fully saturated rings. The summed E-state index contributed by atoms with van der Waals surface area (Å²) in [6.07, 6.45) is 1.43. The van der Waals surface area contributed by atoms with Crippen LogP contribution in [0.1, 0.15) is 22.8 Å². The minimum Gasteiger partial charge on any atom is -0.465 e. The van der Waals surface area contributed by atoms with Crippen molar-refractivity contribution in [2.45, 2.75) is 6.92 Å². The fraction of sp³-hybridized carbons (Fsp3) is 0.111. The minimum absolute atomic E-state index is 0.295. The summed E-state index contributed by atoms with van der Waals surface area (Å²) in [5, 5.41) is 3.56. The number of anilines is 1. The predicted octanol–water partition coefficient (Wildman–Crippen LogP) is 5.43. The Morgan fingerprint density at radius 2 is 1.84 bits per heavy atom. The van der Waals surface area contributed by atoms with E-state index in [1.807, 2.05) is 0 Å². The molecular weight excluding hydrogens is 476 g/mol. The van der Waals surface area contributed by atoms with Crippen molar-refractivity contribution in [2.75, 3.05) is 12.4 Å². The van der Waals surface area contributed by atoms with Crippen LogP contribution < -0.4 is 5.32 Å². The van der Waals surface area contributed by atoms with Crippen LogP contribution in [-0.2, 0) is 9.53 Å². The number of rotatable bonds is 4. The highest BCUT2D eigenvalue weighted by molar-refractivity contribution is 14.1. The molecule has 1 amide bonds. The zero-order valence-electron chi connectivity index (χ0n) is 13.4. The van der Waals surface area contributed by atoms with Gasteiger partial charge in [-0.2, -0.15) is 0 Å². The molecule has 0 saturated heterocycles. The molecule has 0 atom stereocenters. The van der Waals surface area contributed by atoms with Crippen LogP contribution in [0.15, 0.2) is 42.5 Å². The fourth-order valence-electron chi connectivity index (χ4n) is 2.09. The highest BCUT2D eigenvalue weighted by Crippen LogP contribution is 2.26. The van der Waals surface area contributed by atoms with Crippen molar-refractivity contribution in [3.63, 3.8) is 0 Å². The Bertz CT molecular complexity index is 865. The van der Waals surface area contributed by atoms with Gasteiger partial charge in [0.1, 0.15) is 0 Å². The van der Waals surface area contributed by atoms with Gasteiger partial charge in [0.15, 0.2) is 0 Å². The largest absolute Gasteiger partial charge is 0.465 e. The Balaban J connectivity index is 2.25. The van der Waals surface area contributed by atoms with Crippen LogP contribution in [-0.4, -0.2) is 19.0 Å². The Labute approximate surface area is 169 Å². The Hall–Kier alpha value is -1.57. The molecule has 130 valence electrons. The average Bonchev–Trinajstić information content (AvgIpc) is 2.58. The summed E-state index contributed by atoms with van der Waals surface area (Å²) in [6.45, 7) is 1.79. The number of amides is 1. The van der Waals surface area contributed by atoms with Gasteiger partial charge in [0, 0.05) is 9.65 Å². The lowest BCUT2D eigenvalue weighted by Crippen LogP contribution is -2.13. The summed E-state index contributed by atoms with van der Waals surface area (Å²) in [5.41, 5.74) is 2.17. The third kappa shape index (κ3) is 5.20. The van der Waals surface area contributed by atoms with Crippen LogP contribution in [0.5, 0.6) is 0 Å². The zero-order chi connectivity index (χ0) is 18.6. The van der Waals surface area contributed by atoms with Gasteiger partial charge in [0.05, 0.1) is 28.4 Å². The number of nitrogens with one attached hydrogen (secondary N) is 1. The maximum atomic E-state index is 12.3. The van der Waals surface area contributed by atoms with Crippen molar-refractivity contribution in [2.24, 2.45) is 0 Å². The van der Waals surface area contributed by atoms with Crippen molar-refractivity contribution >= 4 is 68.9 Å². The monoisotopic (exact) mass is 489 g/mol. The number of allylic oxidation sites excluding steroid dienone is 1. The highest BCUT2D eigenvalue weighted by Gasteiger charge is 2.14. The van der Waals surface area contributed by atoms with Gasteiger partial charge in [-0.25, -0.2) is 4.79 Å². The lowest BCUT2D eigenvalue weighted by molar-refractivity contribution is -0.111. The molecule has 0 aliphatic heterocycles. The summed E-state index contributed by atoms with van der Waals surface area (Å²) in [5.74, 6) is -0.881. The SMILES string of the molecule is COC(=O)c1cc(I)ccc1NC(=O)/C=C(/C)c1ccc(Cl)c(Cl)c1. The molecule has 1 N–H and O–H groups in total. The number of halogens is 3. The quantitative estimate of drug-likeness (QED) is 0.354. The van der Waals surface area contributed by atoms with Crippen LogP contribution in [0.3, 0.4) is 0 Å². The predicted molar refractivity (Wildman–Crippen MR) is 109 cm³/mol. The molecule has 0 saturated carbocycles. The molecular formula is C18H14Cl2INO3. The number of esters is 1. The second-order valence-electron chi connectivity index (χ2n) is 5.13. The maximum Gasteiger partial charge on any atom is 0.340 e. The first kappa shape index (κ1) is 19.8. The molecule has 0 radical (unpaired) electrons. The molecule has 0 aromatic heterocycles. The molecule has 0 heterocycles. The van der Waals surface area contributed by atoms with Gasteiger partial charge in [0.2, 0.25) is 5.91 Å². The maximum absolute atomic E-state index is 12.3. The molecule has 0 unspecified atom stereocenters. The smallest absolute Gasteiger partial charge is 0.340 e. The van der Waals surface area contributed by atoms with Crippen LogP contribution in [0, 0.1) is 3.57 Å². The number of methoxy groups -OCH3 is 1. The normalized spacial score (nSPS) is 11.2. The van der Waals surface area contributed by atoms with E-state index in [4.69, 9.17) is 27.9 Å². The van der Waals surface area contributed by atoms with E-state index >= 15 is 0 Å². The molecule has 0 bridgehead atoms. The van der Waals surface area contributed by atoms with E-state index < -0.39 is 5.97 Å². The molecule has 0 aliphatic rings. The van der Waals surface area contributed by atoms with E-state index in [0.29, 0.717) is 26.9 Å². The van der Waals surface area contributed by atoms with Gasteiger partial charge in [-0.1, -0.05) is 29.3 Å². The first-order chi connectivity index (χ1) is 11.8. The van der Waals surface area contributed by atoms with Crippen LogP contribution in [0.4, 0.5) is 5.69 Å². The number of hydrogen-bond donors (Lipinski definition) is 1. The first-order valence-electron chi connectivity index (χ1n) is 7.14. The number of benzene rings is 2. The van der Waals surface area contributed by atoms with Gasteiger partial charge >= 0.3 is 5.97 Å². The lowest BCUT2D eigenvalue weighted by atomic mass is 10.1. The molecule has 0 aliphatic carbocycles. The van der Waals surface area contributed by atoms with E-state index in [1.165, 1.54) is 13.2 Å². The average molecular weight is 490 g/mol. The standard InChI is InChI=1S/C18H14Cl2INO3/c1-10(11-3-5-14(19)15(20)8-11)7-17(23)22-16-6-4-12(21)9-13(16)18(24)25-2/h3-9H,1-2H3,(H,22,23)/b10-7-. The van der Waals surface area contributed by atoms with Crippen molar-refractivity contribution in [3.8, 4) is 0 Å². The van der Waals surface area contributed by atoms with Gasteiger partial charge in [-0.3, -0.25) is 4.79 Å². The third-order valence-electron chi connectivity index (χ3n) is 3.37. The number of hydrogen-bond acceptors (Lipinski definition) is 3. The summed E-state index contributed by atoms with van der Waals surface area (Å²) < 4.78 is 5.61. The third-order valence-corrected chi connectivity index (χ3v) is 4.78. The van der Waals surface area contributed by atoms with E-state index in [-0.39, 0.29) is 5.91 Å². The van der Waals surface area contributed by atoms with Gasteiger partial charge < -0.3 is 10.1 Å². The molecule has 25 heavy (non-hydrogen) atoms. The topological polar surface area (TPSA) is 55.4 Å². The molecule has 2 aromatic rings. The van der Waals surface area contributed by atoms with Crippen molar-refractivity contribution in [1.82, 2.24) is 0 Å². The molecule has 2 aromatic carbocycles. The second-order valence-corrected chi connectivity index (χ2v) is 7.19. The molecule has 2 rings (SSSR count). The Morgan fingerprint density at radius 3 is 2.48 bits per heavy atom. The van der Waals surface area contributed by atoms with Gasteiger partial charge in [-0.15, -0.1) is 0 Å². The lowest BCUT2D eigenvalue weighted by Gasteiger charge is -2.10. The van der Waals surface area contributed by atoms with Crippen molar-refractivity contribution in [3.05, 3.63) is 67.2 Å². The minimum atomic E-state index is -0.515. The summed E-state index contributed by atoms with van der Waals surface area (Å²) in [7, 11) is 1.29. The summed E-state index contributed by atoms with van der Waals surface area (Å²) >= 11 is 14.0. The Kier molecular flexibility index (Phi) is 6.87. The Morgan fingerprint density at radius 1 is 1.12 bits per heavy atom. The number of carbonyl (C=O) groups is 2. The van der Waals surface area contributed by atoms with Crippen LogP contribution in [0.25, 0.3) is 5.57 Å². The molecule has 0 spiro atoms. The number of ether oxygens (including phenoxy) is 1. The van der Waals surface area contributed by atoms with E-state index in [1.54, 1.807) is 43.3 Å². The van der Waals surface area contributed by atoms with Gasteiger partial charge in [0.25, 0.3) is 0 Å².